The van der Waals surface area contributed by atoms with Crippen molar-refractivity contribution in [3.63, 3.8) is 0 Å². The molecular weight excluding hydrogens is 316 g/mol. The number of benzene rings is 1. The summed E-state index contributed by atoms with van der Waals surface area (Å²) >= 11 is 3.05. The minimum atomic E-state index is -0.908. The third kappa shape index (κ3) is 2.84. The van der Waals surface area contributed by atoms with Gasteiger partial charge in [0.25, 0.3) is 0 Å². The molecule has 6 heteroatoms. The highest BCUT2D eigenvalue weighted by atomic mass is 79.9. The van der Waals surface area contributed by atoms with Gasteiger partial charge in [-0.05, 0) is 40.5 Å². The van der Waals surface area contributed by atoms with E-state index in [4.69, 9.17) is 5.73 Å². The molecule has 0 saturated heterocycles. The summed E-state index contributed by atoms with van der Waals surface area (Å²) in [7, 11) is 1.83. The number of nitrogens with two attached hydrogens (primary N) is 1. The lowest BCUT2D eigenvalue weighted by Gasteiger charge is -2.14. The van der Waals surface area contributed by atoms with E-state index < -0.39 is 17.7 Å². The van der Waals surface area contributed by atoms with Crippen molar-refractivity contribution in [3.05, 3.63) is 51.3 Å². The summed E-state index contributed by atoms with van der Waals surface area (Å²) in [5.41, 5.74) is 8.45. The van der Waals surface area contributed by atoms with Crippen molar-refractivity contribution in [1.82, 2.24) is 9.78 Å². The number of aryl methyl sites for hydroxylation is 2. The molecule has 0 amide bonds. The Morgan fingerprint density at radius 1 is 1.42 bits per heavy atom. The van der Waals surface area contributed by atoms with Gasteiger partial charge in [-0.1, -0.05) is 6.07 Å². The van der Waals surface area contributed by atoms with Crippen LogP contribution in [-0.4, -0.2) is 9.78 Å². The van der Waals surface area contributed by atoms with Crippen LogP contribution in [0.1, 0.15) is 23.0 Å². The average molecular weight is 330 g/mol. The average Bonchev–Trinajstić information content (AvgIpc) is 2.65. The molecule has 0 aliphatic heterocycles. The summed E-state index contributed by atoms with van der Waals surface area (Å²) < 4.78 is 28.4. The van der Waals surface area contributed by atoms with Gasteiger partial charge in [0.1, 0.15) is 0 Å². The molecule has 0 bridgehead atoms. The second-order valence-electron chi connectivity index (χ2n) is 4.48. The Morgan fingerprint density at radius 2 is 2.11 bits per heavy atom. The van der Waals surface area contributed by atoms with Gasteiger partial charge in [-0.25, -0.2) is 8.78 Å². The van der Waals surface area contributed by atoms with E-state index in [1.165, 1.54) is 6.07 Å². The Bertz CT molecular complexity index is 610. The monoisotopic (exact) mass is 329 g/mol. The molecule has 1 aromatic heterocycles. The summed E-state index contributed by atoms with van der Waals surface area (Å²) in [6.07, 6.45) is 0.501. The highest BCUT2D eigenvalue weighted by Gasteiger charge is 2.17. The van der Waals surface area contributed by atoms with Crippen molar-refractivity contribution in [1.29, 1.82) is 0 Å². The Balaban J connectivity index is 2.28. The van der Waals surface area contributed by atoms with E-state index >= 15 is 0 Å². The maximum absolute atomic E-state index is 13.5. The summed E-state index contributed by atoms with van der Waals surface area (Å²) in [5.74, 6) is -1.80. The molecule has 1 atom stereocenters. The van der Waals surface area contributed by atoms with E-state index in [0.717, 1.165) is 17.5 Å². The van der Waals surface area contributed by atoms with Crippen LogP contribution in [0.15, 0.2) is 22.7 Å². The maximum Gasteiger partial charge on any atom is 0.173 e. The zero-order valence-electron chi connectivity index (χ0n) is 10.6. The Labute approximate surface area is 118 Å². The zero-order valence-corrected chi connectivity index (χ0v) is 12.2. The number of aromatic nitrogens is 2. The minimum Gasteiger partial charge on any atom is -0.324 e. The summed E-state index contributed by atoms with van der Waals surface area (Å²) in [4.78, 5) is 0. The molecule has 0 aliphatic rings. The topological polar surface area (TPSA) is 43.8 Å². The third-order valence-corrected chi connectivity index (χ3v) is 3.80. The summed E-state index contributed by atoms with van der Waals surface area (Å²) in [5, 5.41) is 4.23. The SMILES string of the molecule is Cc1cc(CC(N)c2ccc(F)c(F)c2Br)n(C)n1. The number of hydrogen-bond donors (Lipinski definition) is 1. The minimum absolute atomic E-state index is 0.0823. The highest BCUT2D eigenvalue weighted by molar-refractivity contribution is 9.10. The number of halogens is 3. The van der Waals surface area contributed by atoms with Gasteiger partial charge in [0.15, 0.2) is 11.6 Å². The Hall–Kier alpha value is -1.27. The Morgan fingerprint density at radius 3 is 2.68 bits per heavy atom. The molecular formula is C13H14BrF2N3. The maximum atomic E-state index is 13.5. The fourth-order valence-electron chi connectivity index (χ4n) is 2.02. The normalized spacial score (nSPS) is 12.7. The van der Waals surface area contributed by atoms with Crippen molar-refractivity contribution in [3.8, 4) is 0 Å². The summed E-state index contributed by atoms with van der Waals surface area (Å²) in [6, 6.07) is 4.08. The molecule has 3 nitrogen and oxygen atoms in total. The van der Waals surface area contributed by atoms with Crippen LogP contribution in [-0.2, 0) is 13.5 Å². The van der Waals surface area contributed by atoms with Crippen molar-refractivity contribution >= 4 is 15.9 Å². The first-order valence-electron chi connectivity index (χ1n) is 5.78. The molecule has 2 rings (SSSR count). The van der Waals surface area contributed by atoms with Gasteiger partial charge in [-0.3, -0.25) is 4.68 Å². The molecule has 1 aromatic carbocycles. The second kappa shape index (κ2) is 5.38. The quantitative estimate of drug-likeness (QED) is 0.880. The molecule has 0 spiro atoms. The van der Waals surface area contributed by atoms with Crippen LogP contribution in [0, 0.1) is 18.6 Å². The van der Waals surface area contributed by atoms with Gasteiger partial charge >= 0.3 is 0 Å². The molecule has 1 unspecified atom stereocenters. The van der Waals surface area contributed by atoms with E-state index in [9.17, 15) is 8.78 Å². The zero-order chi connectivity index (χ0) is 14.2. The smallest absolute Gasteiger partial charge is 0.173 e. The fraction of sp³-hybridized carbons (Fsp3) is 0.308. The van der Waals surface area contributed by atoms with Crippen LogP contribution in [0.3, 0.4) is 0 Å². The molecule has 2 N–H and O–H groups in total. The number of nitrogens with zero attached hydrogens (tertiary/aromatic N) is 2. The lowest BCUT2D eigenvalue weighted by molar-refractivity contribution is 0.499. The largest absolute Gasteiger partial charge is 0.324 e. The summed E-state index contributed by atoms with van der Waals surface area (Å²) in [6.45, 7) is 1.89. The van der Waals surface area contributed by atoms with E-state index in [0.29, 0.717) is 12.0 Å². The van der Waals surface area contributed by atoms with Gasteiger partial charge in [0.05, 0.1) is 10.2 Å². The van der Waals surface area contributed by atoms with E-state index in [1.54, 1.807) is 4.68 Å². The number of rotatable bonds is 3. The predicted octanol–water partition coefficient (Wildman–Crippen LogP) is 3.01. The van der Waals surface area contributed by atoms with E-state index in [-0.39, 0.29) is 4.47 Å². The van der Waals surface area contributed by atoms with Gasteiger partial charge < -0.3 is 5.73 Å². The molecule has 19 heavy (non-hydrogen) atoms. The standard InChI is InChI=1S/C13H14BrF2N3/c1-7-5-8(19(2)18-7)6-11(17)9-3-4-10(15)13(16)12(9)14/h3-5,11H,6,17H2,1-2H3. The van der Waals surface area contributed by atoms with Crippen LogP contribution in [0.4, 0.5) is 8.78 Å². The van der Waals surface area contributed by atoms with Gasteiger partial charge in [-0.2, -0.15) is 5.10 Å². The highest BCUT2D eigenvalue weighted by Crippen LogP contribution is 2.28. The molecule has 0 saturated carbocycles. The van der Waals surface area contributed by atoms with Crippen molar-refractivity contribution in [2.75, 3.05) is 0 Å². The van der Waals surface area contributed by atoms with Crippen LogP contribution in [0.2, 0.25) is 0 Å². The molecule has 0 radical (unpaired) electrons. The fourth-order valence-corrected chi connectivity index (χ4v) is 2.63. The van der Waals surface area contributed by atoms with Crippen molar-refractivity contribution in [2.24, 2.45) is 12.8 Å². The van der Waals surface area contributed by atoms with Crippen molar-refractivity contribution < 1.29 is 8.78 Å². The number of hydrogen-bond acceptors (Lipinski definition) is 2. The lowest BCUT2D eigenvalue weighted by atomic mass is 10.0. The van der Waals surface area contributed by atoms with Crippen LogP contribution < -0.4 is 5.73 Å². The molecule has 0 aliphatic carbocycles. The first-order chi connectivity index (χ1) is 8.90. The van der Waals surface area contributed by atoms with E-state index in [2.05, 4.69) is 21.0 Å². The second-order valence-corrected chi connectivity index (χ2v) is 5.27. The van der Waals surface area contributed by atoms with Crippen LogP contribution >= 0.6 is 15.9 Å². The van der Waals surface area contributed by atoms with Crippen molar-refractivity contribution in [2.45, 2.75) is 19.4 Å². The van der Waals surface area contributed by atoms with Gasteiger partial charge in [-0.15, -0.1) is 0 Å². The first kappa shape index (κ1) is 14.1. The first-order valence-corrected chi connectivity index (χ1v) is 6.58. The molecule has 1 heterocycles. The molecule has 0 fully saturated rings. The Kier molecular flexibility index (Phi) is 4.01. The van der Waals surface area contributed by atoms with Gasteiger partial charge in [0.2, 0.25) is 0 Å². The lowest BCUT2D eigenvalue weighted by Crippen LogP contribution is -2.16. The predicted molar refractivity (Wildman–Crippen MR) is 72.6 cm³/mol. The van der Waals surface area contributed by atoms with Gasteiger partial charge in [0, 0.05) is 25.2 Å². The van der Waals surface area contributed by atoms with Crippen LogP contribution in [0.5, 0.6) is 0 Å². The molecule has 102 valence electrons. The van der Waals surface area contributed by atoms with Crippen LogP contribution in [0.25, 0.3) is 0 Å². The third-order valence-electron chi connectivity index (χ3n) is 2.99. The van der Waals surface area contributed by atoms with E-state index in [1.807, 2.05) is 20.0 Å². The molecule has 2 aromatic rings.